The lowest BCUT2D eigenvalue weighted by atomic mass is 9.97. The van der Waals surface area contributed by atoms with E-state index in [1.54, 1.807) is 7.11 Å². The van der Waals surface area contributed by atoms with Gasteiger partial charge in [-0.15, -0.1) is 0 Å². The largest absolute Gasteiger partial charge is 0.497 e. The molecule has 1 saturated heterocycles. The number of imidazole rings is 1. The molecule has 5 rings (SSSR count). The number of aromatic nitrogens is 2. The summed E-state index contributed by atoms with van der Waals surface area (Å²) in [4.78, 5) is 20.1. The van der Waals surface area contributed by atoms with Crippen molar-refractivity contribution in [2.75, 3.05) is 20.2 Å². The van der Waals surface area contributed by atoms with E-state index in [-0.39, 0.29) is 11.8 Å². The predicted molar refractivity (Wildman–Crippen MR) is 128 cm³/mol. The van der Waals surface area contributed by atoms with Crippen molar-refractivity contribution in [2.45, 2.75) is 38.6 Å². The van der Waals surface area contributed by atoms with E-state index >= 15 is 0 Å². The second-order valence-electron chi connectivity index (χ2n) is 8.68. The van der Waals surface area contributed by atoms with Crippen molar-refractivity contribution in [3.8, 4) is 5.75 Å². The van der Waals surface area contributed by atoms with Crippen LogP contribution >= 0.6 is 0 Å². The number of benzene rings is 3. The standard InChI is InChI=1S/C27H29N3O2/c1-19(20-10-11-22-17-23(32-2)13-12-21(22)16-20)27-28-24-8-4-5-9-25(24)30(27)18-26(31)29-14-6-3-7-15-29/h4-5,8-13,16-17,19H,3,6-7,14-15,18H2,1-2H3. The maximum absolute atomic E-state index is 13.1. The van der Waals surface area contributed by atoms with E-state index < -0.39 is 0 Å². The highest BCUT2D eigenvalue weighted by Gasteiger charge is 2.23. The average Bonchev–Trinajstić information content (AvgIpc) is 3.21. The van der Waals surface area contributed by atoms with Gasteiger partial charge in [-0.1, -0.05) is 43.3 Å². The van der Waals surface area contributed by atoms with E-state index in [4.69, 9.17) is 9.72 Å². The van der Waals surface area contributed by atoms with Crippen LogP contribution < -0.4 is 4.74 Å². The molecule has 0 aliphatic carbocycles. The normalized spacial score (nSPS) is 15.2. The van der Waals surface area contributed by atoms with Crippen LogP contribution in [-0.4, -0.2) is 40.6 Å². The number of hydrogen-bond acceptors (Lipinski definition) is 3. The number of piperidine rings is 1. The monoisotopic (exact) mass is 427 g/mol. The molecular weight excluding hydrogens is 398 g/mol. The molecule has 0 saturated carbocycles. The van der Waals surface area contributed by atoms with Gasteiger partial charge in [-0.05, 0) is 59.9 Å². The van der Waals surface area contributed by atoms with Crippen LogP contribution in [0.25, 0.3) is 21.8 Å². The van der Waals surface area contributed by atoms with Crippen molar-refractivity contribution >= 4 is 27.7 Å². The molecule has 32 heavy (non-hydrogen) atoms. The fourth-order valence-corrected chi connectivity index (χ4v) is 4.76. The van der Waals surface area contributed by atoms with Gasteiger partial charge in [0.15, 0.2) is 0 Å². The Balaban J connectivity index is 1.52. The lowest BCUT2D eigenvalue weighted by Gasteiger charge is -2.27. The van der Waals surface area contributed by atoms with Crippen LogP contribution in [0.5, 0.6) is 5.75 Å². The van der Waals surface area contributed by atoms with Gasteiger partial charge < -0.3 is 14.2 Å². The maximum Gasteiger partial charge on any atom is 0.242 e. The van der Waals surface area contributed by atoms with E-state index in [1.807, 2.05) is 29.2 Å². The van der Waals surface area contributed by atoms with Crippen molar-refractivity contribution in [3.05, 3.63) is 72.1 Å². The van der Waals surface area contributed by atoms with Crippen molar-refractivity contribution in [3.63, 3.8) is 0 Å². The van der Waals surface area contributed by atoms with E-state index in [0.29, 0.717) is 6.54 Å². The zero-order chi connectivity index (χ0) is 22.1. The number of ether oxygens (including phenoxy) is 1. The molecule has 4 aromatic rings. The molecule has 5 heteroatoms. The van der Waals surface area contributed by atoms with Gasteiger partial charge in [-0.3, -0.25) is 4.79 Å². The van der Waals surface area contributed by atoms with Gasteiger partial charge in [0, 0.05) is 19.0 Å². The minimum Gasteiger partial charge on any atom is -0.497 e. The van der Waals surface area contributed by atoms with Crippen molar-refractivity contribution in [1.29, 1.82) is 0 Å². The first-order valence-electron chi connectivity index (χ1n) is 11.4. The Hall–Kier alpha value is -3.34. The summed E-state index contributed by atoms with van der Waals surface area (Å²) < 4.78 is 7.48. The van der Waals surface area contributed by atoms with E-state index in [9.17, 15) is 4.79 Å². The van der Waals surface area contributed by atoms with Crippen LogP contribution in [0.3, 0.4) is 0 Å². The molecule has 1 fully saturated rings. The summed E-state index contributed by atoms with van der Waals surface area (Å²) in [6, 6.07) is 20.8. The number of nitrogens with zero attached hydrogens (tertiary/aromatic N) is 3. The van der Waals surface area contributed by atoms with Gasteiger partial charge in [-0.2, -0.15) is 0 Å². The van der Waals surface area contributed by atoms with Crippen LogP contribution in [0.15, 0.2) is 60.7 Å². The molecule has 1 aliphatic heterocycles. The minimum atomic E-state index is 0.0584. The van der Waals surface area contributed by atoms with Crippen LogP contribution in [0.4, 0.5) is 0 Å². The highest BCUT2D eigenvalue weighted by atomic mass is 16.5. The highest BCUT2D eigenvalue weighted by Crippen LogP contribution is 2.30. The predicted octanol–water partition coefficient (Wildman–Crippen LogP) is 5.36. The molecular formula is C27H29N3O2. The van der Waals surface area contributed by atoms with Crippen molar-refractivity contribution < 1.29 is 9.53 Å². The van der Waals surface area contributed by atoms with Crippen LogP contribution in [0, 0.1) is 0 Å². The van der Waals surface area contributed by atoms with Crippen molar-refractivity contribution in [1.82, 2.24) is 14.5 Å². The third-order valence-corrected chi connectivity index (χ3v) is 6.64. The van der Waals surface area contributed by atoms with E-state index in [2.05, 4.69) is 47.9 Å². The zero-order valence-electron chi connectivity index (χ0n) is 18.8. The summed E-state index contributed by atoms with van der Waals surface area (Å²) >= 11 is 0. The molecule has 2 heterocycles. The third kappa shape index (κ3) is 3.83. The minimum absolute atomic E-state index is 0.0584. The molecule has 0 spiro atoms. The summed E-state index contributed by atoms with van der Waals surface area (Å²) in [5.74, 6) is 2.04. The average molecular weight is 428 g/mol. The molecule has 1 atom stereocenters. The molecule has 1 amide bonds. The highest BCUT2D eigenvalue weighted by molar-refractivity contribution is 5.85. The molecule has 5 nitrogen and oxygen atoms in total. The summed E-state index contributed by atoms with van der Waals surface area (Å²) in [6.45, 7) is 4.24. The summed E-state index contributed by atoms with van der Waals surface area (Å²) in [6.07, 6.45) is 3.41. The number of para-hydroxylation sites is 2. The van der Waals surface area contributed by atoms with Gasteiger partial charge >= 0.3 is 0 Å². The first-order valence-corrected chi connectivity index (χ1v) is 11.4. The second-order valence-corrected chi connectivity index (χ2v) is 8.68. The Bertz CT molecular complexity index is 1270. The second kappa shape index (κ2) is 8.65. The zero-order valence-corrected chi connectivity index (χ0v) is 18.8. The Morgan fingerprint density at radius 3 is 2.56 bits per heavy atom. The van der Waals surface area contributed by atoms with Crippen LogP contribution in [0.2, 0.25) is 0 Å². The quantitative estimate of drug-likeness (QED) is 0.431. The molecule has 0 radical (unpaired) electrons. The third-order valence-electron chi connectivity index (χ3n) is 6.64. The van der Waals surface area contributed by atoms with E-state index in [0.717, 1.165) is 53.9 Å². The molecule has 1 unspecified atom stereocenters. The van der Waals surface area contributed by atoms with Crippen LogP contribution in [0.1, 0.15) is 43.5 Å². The van der Waals surface area contributed by atoms with Gasteiger partial charge in [0.25, 0.3) is 0 Å². The first-order chi connectivity index (χ1) is 15.6. The molecule has 0 bridgehead atoms. The number of carbonyl (C=O) groups excluding carboxylic acids is 1. The molecule has 3 aromatic carbocycles. The Labute approximate surface area is 188 Å². The Morgan fingerprint density at radius 2 is 1.75 bits per heavy atom. The number of likely N-dealkylation sites (tertiary alicyclic amines) is 1. The van der Waals surface area contributed by atoms with Crippen molar-refractivity contribution in [2.24, 2.45) is 0 Å². The first kappa shape index (κ1) is 20.6. The Kier molecular flexibility index (Phi) is 5.56. The van der Waals surface area contributed by atoms with Gasteiger partial charge in [0.05, 0.1) is 18.1 Å². The fourth-order valence-electron chi connectivity index (χ4n) is 4.76. The number of carbonyl (C=O) groups is 1. The number of amides is 1. The maximum atomic E-state index is 13.1. The number of hydrogen-bond donors (Lipinski definition) is 0. The molecule has 1 aliphatic rings. The lowest BCUT2D eigenvalue weighted by Crippen LogP contribution is -2.38. The summed E-state index contributed by atoms with van der Waals surface area (Å²) in [5, 5.41) is 2.32. The fraction of sp³-hybridized carbons (Fsp3) is 0.333. The lowest BCUT2D eigenvalue weighted by molar-refractivity contribution is -0.132. The number of methoxy groups -OCH3 is 1. The molecule has 164 valence electrons. The molecule has 0 N–H and O–H groups in total. The molecule has 1 aromatic heterocycles. The van der Waals surface area contributed by atoms with Gasteiger partial charge in [-0.25, -0.2) is 4.98 Å². The number of fused-ring (bicyclic) bond motifs is 2. The van der Waals surface area contributed by atoms with Gasteiger partial charge in [0.2, 0.25) is 5.91 Å². The van der Waals surface area contributed by atoms with Gasteiger partial charge in [0.1, 0.15) is 18.1 Å². The summed E-state index contributed by atoms with van der Waals surface area (Å²) in [7, 11) is 1.69. The topological polar surface area (TPSA) is 47.4 Å². The SMILES string of the molecule is COc1ccc2cc(C(C)c3nc4ccccc4n3CC(=O)N3CCCCC3)ccc2c1. The van der Waals surface area contributed by atoms with Crippen LogP contribution in [-0.2, 0) is 11.3 Å². The number of rotatable bonds is 5. The van der Waals surface area contributed by atoms with E-state index in [1.165, 1.54) is 17.4 Å². The smallest absolute Gasteiger partial charge is 0.242 e. The summed E-state index contributed by atoms with van der Waals surface area (Å²) in [5.41, 5.74) is 3.14. The Morgan fingerprint density at radius 1 is 1.00 bits per heavy atom.